The number of pyridine rings is 2. The lowest BCUT2D eigenvalue weighted by atomic mass is 10.0. The number of nitrogens with zero attached hydrogens (tertiary/aromatic N) is 2. The molecule has 1 aromatic carbocycles. The molecule has 5 nitrogen and oxygen atoms in total. The minimum absolute atomic E-state index is 0.00942. The second-order valence-electron chi connectivity index (χ2n) is 6.10. The molecule has 0 radical (unpaired) electrons. The zero-order valence-corrected chi connectivity index (χ0v) is 14.7. The molecule has 26 heavy (non-hydrogen) atoms. The molecule has 0 aliphatic rings. The maximum atomic E-state index is 11.9. The van der Waals surface area contributed by atoms with Crippen LogP contribution in [0.4, 0.5) is 0 Å². The van der Waals surface area contributed by atoms with Crippen molar-refractivity contribution in [3.8, 4) is 0 Å². The fraction of sp³-hybridized carbons (Fsp3) is 0.190. The van der Waals surface area contributed by atoms with Gasteiger partial charge in [-0.1, -0.05) is 30.3 Å². The summed E-state index contributed by atoms with van der Waals surface area (Å²) in [6, 6.07) is 15.2. The van der Waals surface area contributed by atoms with E-state index in [2.05, 4.69) is 10.3 Å². The van der Waals surface area contributed by atoms with Crippen LogP contribution in [-0.4, -0.2) is 22.0 Å². The molecule has 0 bridgehead atoms. The Bertz CT molecular complexity index is 946. The lowest BCUT2D eigenvalue weighted by molar-refractivity contribution is 0.0955. The molecule has 0 unspecified atom stereocenters. The quantitative estimate of drug-likeness (QED) is 0.745. The Hall–Kier alpha value is -3.21. The first kappa shape index (κ1) is 17.6. The van der Waals surface area contributed by atoms with E-state index < -0.39 is 0 Å². The molecule has 3 aromatic rings. The van der Waals surface area contributed by atoms with Crippen molar-refractivity contribution in [2.45, 2.75) is 19.9 Å². The second-order valence-corrected chi connectivity index (χ2v) is 6.10. The first-order chi connectivity index (χ1) is 12.7. The van der Waals surface area contributed by atoms with E-state index in [0.29, 0.717) is 25.1 Å². The van der Waals surface area contributed by atoms with Crippen LogP contribution in [0.25, 0.3) is 0 Å². The van der Waals surface area contributed by atoms with Crippen LogP contribution in [0.2, 0.25) is 0 Å². The zero-order chi connectivity index (χ0) is 18.4. The van der Waals surface area contributed by atoms with Crippen LogP contribution >= 0.6 is 0 Å². The van der Waals surface area contributed by atoms with Crippen LogP contribution in [-0.2, 0) is 13.0 Å². The SMILES string of the molecule is CCNC(=O)c1cncc(Cc2ccc(Cn3ccccc3=O)cc2)c1. The first-order valence-electron chi connectivity index (χ1n) is 8.61. The number of amides is 1. The van der Waals surface area contributed by atoms with E-state index in [9.17, 15) is 9.59 Å². The minimum atomic E-state index is -0.106. The normalized spacial score (nSPS) is 10.5. The predicted molar refractivity (Wildman–Crippen MR) is 101 cm³/mol. The number of rotatable bonds is 6. The Balaban J connectivity index is 1.70. The highest BCUT2D eigenvalue weighted by molar-refractivity contribution is 5.93. The molecule has 1 amide bonds. The second kappa shape index (κ2) is 8.25. The van der Waals surface area contributed by atoms with Crippen LogP contribution in [0.5, 0.6) is 0 Å². The van der Waals surface area contributed by atoms with E-state index in [0.717, 1.165) is 16.7 Å². The van der Waals surface area contributed by atoms with Gasteiger partial charge in [0.1, 0.15) is 0 Å². The number of carbonyl (C=O) groups excluding carboxylic acids is 1. The van der Waals surface area contributed by atoms with Gasteiger partial charge in [0.25, 0.3) is 11.5 Å². The average Bonchev–Trinajstić information content (AvgIpc) is 2.66. The average molecular weight is 347 g/mol. The number of aromatic nitrogens is 2. The maximum absolute atomic E-state index is 11.9. The topological polar surface area (TPSA) is 64.0 Å². The van der Waals surface area contributed by atoms with Gasteiger partial charge in [0.15, 0.2) is 0 Å². The van der Waals surface area contributed by atoms with Gasteiger partial charge >= 0.3 is 0 Å². The van der Waals surface area contributed by atoms with Crippen molar-refractivity contribution in [3.63, 3.8) is 0 Å². The summed E-state index contributed by atoms with van der Waals surface area (Å²) in [5.74, 6) is -0.106. The monoisotopic (exact) mass is 347 g/mol. The molecule has 2 aromatic heterocycles. The molecule has 3 rings (SSSR count). The van der Waals surface area contributed by atoms with Crippen LogP contribution in [0, 0.1) is 0 Å². The Morgan fingerprint density at radius 2 is 1.81 bits per heavy atom. The highest BCUT2D eigenvalue weighted by atomic mass is 16.1. The van der Waals surface area contributed by atoms with Gasteiger partial charge in [-0.25, -0.2) is 0 Å². The van der Waals surface area contributed by atoms with Gasteiger partial charge in [-0.05, 0) is 42.2 Å². The third-order valence-corrected chi connectivity index (χ3v) is 4.08. The number of hydrogen-bond acceptors (Lipinski definition) is 3. The molecule has 0 fully saturated rings. The van der Waals surface area contributed by atoms with E-state index in [4.69, 9.17) is 0 Å². The number of carbonyl (C=O) groups is 1. The molecule has 2 heterocycles. The van der Waals surface area contributed by atoms with Gasteiger partial charge in [0.2, 0.25) is 0 Å². The summed E-state index contributed by atoms with van der Waals surface area (Å²) >= 11 is 0. The Kier molecular flexibility index (Phi) is 5.59. The predicted octanol–water partition coefficient (Wildman–Crippen LogP) is 2.63. The number of hydrogen-bond donors (Lipinski definition) is 1. The molecule has 0 saturated heterocycles. The summed E-state index contributed by atoms with van der Waals surface area (Å²) < 4.78 is 1.68. The van der Waals surface area contributed by atoms with Gasteiger partial charge in [-0.3, -0.25) is 14.6 Å². The summed E-state index contributed by atoms with van der Waals surface area (Å²) in [7, 11) is 0. The Morgan fingerprint density at radius 3 is 2.54 bits per heavy atom. The molecule has 0 aliphatic heterocycles. The van der Waals surface area contributed by atoms with E-state index in [-0.39, 0.29) is 11.5 Å². The number of nitrogens with one attached hydrogen (secondary N) is 1. The van der Waals surface area contributed by atoms with E-state index >= 15 is 0 Å². The third kappa shape index (κ3) is 4.45. The molecule has 0 atom stereocenters. The minimum Gasteiger partial charge on any atom is -0.352 e. The van der Waals surface area contributed by atoms with Gasteiger partial charge in [-0.2, -0.15) is 0 Å². The highest BCUT2D eigenvalue weighted by Gasteiger charge is 2.06. The van der Waals surface area contributed by atoms with Crippen LogP contribution < -0.4 is 10.9 Å². The zero-order valence-electron chi connectivity index (χ0n) is 14.7. The smallest absolute Gasteiger partial charge is 0.252 e. The van der Waals surface area contributed by atoms with Crippen LogP contribution in [0.15, 0.2) is 71.9 Å². The number of benzene rings is 1. The lowest BCUT2D eigenvalue weighted by Gasteiger charge is -2.08. The van der Waals surface area contributed by atoms with Crippen LogP contribution in [0.3, 0.4) is 0 Å². The highest BCUT2D eigenvalue weighted by Crippen LogP contribution is 2.12. The van der Waals surface area contributed by atoms with Gasteiger partial charge in [0.05, 0.1) is 12.1 Å². The molecular formula is C21H21N3O2. The fourth-order valence-corrected chi connectivity index (χ4v) is 2.76. The van der Waals surface area contributed by atoms with Gasteiger partial charge < -0.3 is 9.88 Å². The molecule has 0 spiro atoms. The van der Waals surface area contributed by atoms with Crippen molar-refractivity contribution in [2.24, 2.45) is 0 Å². The maximum Gasteiger partial charge on any atom is 0.252 e. The van der Waals surface area contributed by atoms with Gasteiger partial charge in [0, 0.05) is 31.2 Å². The standard InChI is InChI=1S/C21H21N3O2/c1-2-23-21(26)19-12-18(13-22-14-19)11-16-6-8-17(9-7-16)15-24-10-4-3-5-20(24)25/h3-10,12-14H,2,11,15H2,1H3,(H,23,26). The summed E-state index contributed by atoms with van der Waals surface area (Å²) in [5.41, 5.74) is 3.75. The van der Waals surface area contributed by atoms with Crippen LogP contribution in [0.1, 0.15) is 34.0 Å². The summed E-state index contributed by atoms with van der Waals surface area (Å²) in [6.45, 7) is 3.03. The molecule has 1 N–H and O–H groups in total. The Labute approximate surface area is 152 Å². The van der Waals surface area contributed by atoms with E-state index in [1.165, 1.54) is 0 Å². The van der Waals surface area contributed by atoms with Crippen molar-refractivity contribution in [2.75, 3.05) is 6.54 Å². The fourth-order valence-electron chi connectivity index (χ4n) is 2.76. The van der Waals surface area contributed by atoms with E-state index in [1.54, 1.807) is 35.3 Å². The van der Waals surface area contributed by atoms with E-state index in [1.807, 2.05) is 43.3 Å². The summed E-state index contributed by atoms with van der Waals surface area (Å²) in [6.07, 6.45) is 5.84. The molecule has 0 aliphatic carbocycles. The van der Waals surface area contributed by atoms with Crippen molar-refractivity contribution in [1.82, 2.24) is 14.9 Å². The Morgan fingerprint density at radius 1 is 1.04 bits per heavy atom. The molecule has 5 heteroatoms. The van der Waals surface area contributed by atoms with Crippen molar-refractivity contribution in [3.05, 3.63) is 99.7 Å². The lowest BCUT2D eigenvalue weighted by Crippen LogP contribution is -2.22. The van der Waals surface area contributed by atoms with Gasteiger partial charge in [-0.15, -0.1) is 0 Å². The van der Waals surface area contributed by atoms with Crippen molar-refractivity contribution >= 4 is 5.91 Å². The summed E-state index contributed by atoms with van der Waals surface area (Å²) in [4.78, 5) is 27.9. The van der Waals surface area contributed by atoms with Crippen molar-refractivity contribution < 1.29 is 4.79 Å². The first-order valence-corrected chi connectivity index (χ1v) is 8.61. The molecular weight excluding hydrogens is 326 g/mol. The third-order valence-electron chi connectivity index (χ3n) is 4.08. The van der Waals surface area contributed by atoms with Crippen molar-refractivity contribution in [1.29, 1.82) is 0 Å². The summed E-state index contributed by atoms with van der Waals surface area (Å²) in [5, 5.41) is 2.78. The molecule has 132 valence electrons. The largest absolute Gasteiger partial charge is 0.352 e. The molecule has 0 saturated carbocycles.